The summed E-state index contributed by atoms with van der Waals surface area (Å²) in [5.74, 6) is 0. The Morgan fingerprint density at radius 3 is 1.64 bits per heavy atom. The molecular formula is C23H24OSi. The molecule has 0 spiro atoms. The van der Waals surface area contributed by atoms with Crippen molar-refractivity contribution >= 4 is 23.9 Å². The quantitative estimate of drug-likeness (QED) is 0.592. The first kappa shape index (κ1) is 17.4. The second kappa shape index (κ2) is 8.08. The molecule has 0 atom stereocenters. The lowest BCUT2D eigenvalue weighted by Gasteiger charge is -2.27. The molecule has 0 aliphatic heterocycles. The van der Waals surface area contributed by atoms with Gasteiger partial charge in [-0.25, -0.2) is 0 Å². The SMILES string of the molecule is C[Si](C(=O)CCCc1ccccc1)(c1ccccc1)c1ccccc1. The normalized spacial score (nSPS) is 11.2. The van der Waals surface area contributed by atoms with Crippen molar-refractivity contribution < 1.29 is 4.79 Å². The smallest absolute Gasteiger partial charge is 0.190 e. The number of benzene rings is 3. The third-order valence-corrected chi connectivity index (χ3v) is 9.31. The molecule has 0 aliphatic rings. The molecule has 0 heterocycles. The lowest BCUT2D eigenvalue weighted by atomic mass is 10.1. The van der Waals surface area contributed by atoms with E-state index in [2.05, 4.69) is 55.1 Å². The highest BCUT2D eigenvalue weighted by Gasteiger charge is 2.39. The van der Waals surface area contributed by atoms with Crippen LogP contribution in [0.1, 0.15) is 18.4 Å². The monoisotopic (exact) mass is 344 g/mol. The highest BCUT2D eigenvalue weighted by atomic mass is 28.3. The summed E-state index contributed by atoms with van der Waals surface area (Å²) >= 11 is 0. The van der Waals surface area contributed by atoms with Crippen molar-refractivity contribution in [3.8, 4) is 0 Å². The van der Waals surface area contributed by atoms with Gasteiger partial charge >= 0.3 is 0 Å². The molecule has 3 aromatic rings. The molecule has 0 radical (unpaired) electrons. The van der Waals surface area contributed by atoms with Gasteiger partial charge in [0.25, 0.3) is 0 Å². The van der Waals surface area contributed by atoms with E-state index < -0.39 is 8.07 Å². The first-order valence-corrected chi connectivity index (χ1v) is 11.4. The Labute approximate surface area is 151 Å². The van der Waals surface area contributed by atoms with Crippen LogP contribution in [0.5, 0.6) is 0 Å². The maximum absolute atomic E-state index is 13.3. The van der Waals surface area contributed by atoms with Gasteiger partial charge in [0.2, 0.25) is 0 Å². The second-order valence-electron chi connectivity index (χ2n) is 6.62. The van der Waals surface area contributed by atoms with Crippen molar-refractivity contribution in [1.82, 2.24) is 0 Å². The molecule has 25 heavy (non-hydrogen) atoms. The molecular weight excluding hydrogens is 320 g/mol. The molecule has 1 nitrogen and oxygen atoms in total. The predicted molar refractivity (Wildman–Crippen MR) is 108 cm³/mol. The maximum atomic E-state index is 13.3. The van der Waals surface area contributed by atoms with Gasteiger partial charge < -0.3 is 4.79 Å². The summed E-state index contributed by atoms with van der Waals surface area (Å²) in [4.78, 5) is 13.3. The van der Waals surface area contributed by atoms with Gasteiger partial charge in [0.15, 0.2) is 8.07 Å². The second-order valence-corrected chi connectivity index (χ2v) is 10.6. The summed E-state index contributed by atoms with van der Waals surface area (Å²) in [7, 11) is -2.38. The fourth-order valence-corrected chi connectivity index (χ4v) is 6.75. The van der Waals surface area contributed by atoms with Crippen molar-refractivity contribution in [2.45, 2.75) is 25.8 Å². The molecule has 0 fully saturated rings. The summed E-state index contributed by atoms with van der Waals surface area (Å²) in [6.45, 7) is 2.20. The van der Waals surface area contributed by atoms with Gasteiger partial charge in [0, 0.05) is 6.42 Å². The van der Waals surface area contributed by atoms with Crippen LogP contribution in [0.2, 0.25) is 6.55 Å². The highest BCUT2D eigenvalue weighted by molar-refractivity contribution is 7.21. The topological polar surface area (TPSA) is 17.1 Å². The third kappa shape index (κ3) is 3.97. The Bertz CT molecular complexity index is 758. The zero-order valence-electron chi connectivity index (χ0n) is 14.7. The Morgan fingerprint density at radius 2 is 1.16 bits per heavy atom. The number of aryl methyl sites for hydroxylation is 1. The number of hydrogen-bond acceptors (Lipinski definition) is 1. The number of carbonyl (C=O) groups excluding carboxylic acids is 1. The highest BCUT2D eigenvalue weighted by Crippen LogP contribution is 2.13. The van der Waals surface area contributed by atoms with E-state index in [1.807, 2.05) is 42.5 Å². The molecule has 0 unspecified atom stereocenters. The Morgan fingerprint density at radius 1 is 0.720 bits per heavy atom. The van der Waals surface area contributed by atoms with Gasteiger partial charge in [-0.05, 0) is 28.8 Å². The van der Waals surface area contributed by atoms with E-state index in [0.29, 0.717) is 11.8 Å². The lowest BCUT2D eigenvalue weighted by Crippen LogP contribution is -2.62. The van der Waals surface area contributed by atoms with Crippen LogP contribution < -0.4 is 10.4 Å². The molecule has 0 saturated carbocycles. The van der Waals surface area contributed by atoms with E-state index in [0.717, 1.165) is 12.8 Å². The fraction of sp³-hybridized carbons (Fsp3) is 0.174. The van der Waals surface area contributed by atoms with Gasteiger partial charge in [-0.15, -0.1) is 0 Å². The van der Waals surface area contributed by atoms with Crippen LogP contribution in [0.25, 0.3) is 0 Å². The van der Waals surface area contributed by atoms with Crippen LogP contribution in [0.3, 0.4) is 0 Å². The van der Waals surface area contributed by atoms with Crippen LogP contribution in [0.4, 0.5) is 0 Å². The van der Waals surface area contributed by atoms with Crippen LogP contribution in [0.15, 0.2) is 91.0 Å². The minimum Gasteiger partial charge on any atom is -0.305 e. The first-order chi connectivity index (χ1) is 12.2. The predicted octanol–water partition coefficient (Wildman–Crippen LogP) is 4.01. The molecule has 3 rings (SSSR count). The summed E-state index contributed by atoms with van der Waals surface area (Å²) in [5, 5.41) is 2.82. The average molecular weight is 345 g/mol. The van der Waals surface area contributed by atoms with Gasteiger partial charge in [0.1, 0.15) is 5.41 Å². The minimum absolute atomic E-state index is 0.417. The molecule has 0 saturated heterocycles. The van der Waals surface area contributed by atoms with E-state index in [-0.39, 0.29) is 0 Å². The van der Waals surface area contributed by atoms with Crippen molar-refractivity contribution in [3.63, 3.8) is 0 Å². The third-order valence-electron chi connectivity index (χ3n) is 4.97. The minimum atomic E-state index is -2.38. The summed E-state index contributed by atoms with van der Waals surface area (Å²) in [6.07, 6.45) is 2.51. The summed E-state index contributed by atoms with van der Waals surface area (Å²) in [6, 6.07) is 31.1. The molecule has 3 aromatic carbocycles. The van der Waals surface area contributed by atoms with Crippen molar-refractivity contribution in [1.29, 1.82) is 0 Å². The zero-order chi connectivity index (χ0) is 17.5. The maximum Gasteiger partial charge on any atom is 0.190 e. The van der Waals surface area contributed by atoms with E-state index >= 15 is 0 Å². The van der Waals surface area contributed by atoms with Gasteiger partial charge in [0.05, 0.1) is 0 Å². The molecule has 0 aliphatic carbocycles. The van der Waals surface area contributed by atoms with E-state index in [1.54, 1.807) is 0 Å². The van der Waals surface area contributed by atoms with Crippen molar-refractivity contribution in [3.05, 3.63) is 96.6 Å². The van der Waals surface area contributed by atoms with Crippen molar-refractivity contribution in [2.24, 2.45) is 0 Å². The summed E-state index contributed by atoms with van der Waals surface area (Å²) in [5.41, 5.74) is 1.30. The lowest BCUT2D eigenvalue weighted by molar-refractivity contribution is -0.112. The average Bonchev–Trinajstić information content (AvgIpc) is 2.69. The number of hydrogen-bond donors (Lipinski definition) is 0. The van der Waals surface area contributed by atoms with Crippen LogP contribution in [0, 0.1) is 0 Å². The van der Waals surface area contributed by atoms with E-state index in [9.17, 15) is 4.79 Å². The van der Waals surface area contributed by atoms with E-state index in [4.69, 9.17) is 0 Å². The van der Waals surface area contributed by atoms with E-state index in [1.165, 1.54) is 15.9 Å². The van der Waals surface area contributed by atoms with Crippen LogP contribution in [-0.4, -0.2) is 13.5 Å². The van der Waals surface area contributed by atoms with Crippen LogP contribution in [-0.2, 0) is 11.2 Å². The van der Waals surface area contributed by atoms with Crippen molar-refractivity contribution in [2.75, 3.05) is 0 Å². The molecule has 0 amide bonds. The molecule has 2 heteroatoms. The largest absolute Gasteiger partial charge is 0.305 e. The number of rotatable bonds is 7. The Hall–Kier alpha value is -2.45. The summed E-state index contributed by atoms with van der Waals surface area (Å²) < 4.78 is 0. The first-order valence-electron chi connectivity index (χ1n) is 8.89. The standard InChI is InChI=1S/C23H24OSi/c1-25(21-15-7-3-8-16-21,22-17-9-4-10-18-22)23(24)19-11-14-20-12-5-2-6-13-20/h2-10,12-13,15-18H,11,14,19H2,1H3. The molecule has 0 N–H and O–H groups in total. The fourth-order valence-electron chi connectivity index (χ4n) is 3.38. The van der Waals surface area contributed by atoms with Gasteiger partial charge in [-0.3, -0.25) is 0 Å². The molecule has 0 bridgehead atoms. The number of carbonyl (C=O) groups is 1. The molecule has 126 valence electrons. The van der Waals surface area contributed by atoms with Gasteiger partial charge in [-0.2, -0.15) is 0 Å². The Balaban J connectivity index is 1.81. The Kier molecular flexibility index (Phi) is 5.62. The zero-order valence-corrected chi connectivity index (χ0v) is 15.7. The van der Waals surface area contributed by atoms with Gasteiger partial charge in [-0.1, -0.05) is 97.5 Å². The van der Waals surface area contributed by atoms with Crippen LogP contribution >= 0.6 is 0 Å². The molecule has 0 aromatic heterocycles.